The first kappa shape index (κ1) is 18.5. The summed E-state index contributed by atoms with van der Waals surface area (Å²) in [6, 6.07) is 2.18. The smallest absolute Gasteiger partial charge is 0.147 e. The Morgan fingerprint density at radius 3 is 2.04 bits per heavy atom. The highest BCUT2D eigenvalue weighted by atomic mass is 16.3. The van der Waals surface area contributed by atoms with Gasteiger partial charge in [-0.3, -0.25) is 4.90 Å². The zero-order valence-corrected chi connectivity index (χ0v) is 16.0. The Labute approximate surface area is 150 Å². The average molecular weight is 348 g/mol. The van der Waals surface area contributed by atoms with Crippen LogP contribution in [0.5, 0.6) is 0 Å². The Bertz CT molecular complexity index is 597. The van der Waals surface area contributed by atoms with Gasteiger partial charge in [-0.25, -0.2) is 9.97 Å². The van der Waals surface area contributed by atoms with Crippen LogP contribution in [0.4, 0.5) is 5.82 Å². The van der Waals surface area contributed by atoms with Crippen LogP contribution in [0.15, 0.2) is 6.07 Å². The fraction of sp³-hybridized carbons (Fsp3) is 0.789. The van der Waals surface area contributed by atoms with E-state index in [-0.39, 0.29) is 6.04 Å². The quantitative estimate of drug-likeness (QED) is 0.871. The molecule has 1 unspecified atom stereocenters. The third-order valence-corrected chi connectivity index (χ3v) is 5.82. The van der Waals surface area contributed by atoms with Crippen LogP contribution in [-0.4, -0.2) is 62.5 Å². The first-order valence-corrected chi connectivity index (χ1v) is 9.45. The molecule has 0 aromatic carbocycles. The van der Waals surface area contributed by atoms with Crippen molar-refractivity contribution >= 4 is 5.82 Å². The molecular formula is C19H32N4O2. The first-order valence-electron chi connectivity index (χ1n) is 9.45. The van der Waals surface area contributed by atoms with Gasteiger partial charge < -0.3 is 15.1 Å². The van der Waals surface area contributed by atoms with Crippen molar-refractivity contribution in [2.45, 2.75) is 70.6 Å². The molecule has 2 aliphatic rings. The highest BCUT2D eigenvalue weighted by Gasteiger charge is 2.32. The van der Waals surface area contributed by atoms with E-state index >= 15 is 0 Å². The maximum Gasteiger partial charge on any atom is 0.147 e. The molecule has 2 saturated heterocycles. The molecule has 0 radical (unpaired) electrons. The Morgan fingerprint density at radius 2 is 1.48 bits per heavy atom. The Morgan fingerprint density at radius 1 is 0.960 bits per heavy atom. The fourth-order valence-corrected chi connectivity index (χ4v) is 3.70. The molecule has 3 heterocycles. The lowest BCUT2D eigenvalue weighted by atomic mass is 9.93. The molecule has 1 aromatic rings. The molecule has 2 N–H and O–H groups in total. The topological polar surface area (TPSA) is 72.7 Å². The summed E-state index contributed by atoms with van der Waals surface area (Å²) in [6.45, 7) is 11.4. The molecule has 0 amide bonds. The minimum Gasteiger partial charge on any atom is -0.390 e. The van der Waals surface area contributed by atoms with Crippen LogP contribution < -0.4 is 4.90 Å². The van der Waals surface area contributed by atoms with Gasteiger partial charge in [0.05, 0.1) is 17.2 Å². The number of anilines is 1. The number of aliphatic hydroxyl groups is 2. The van der Waals surface area contributed by atoms with Crippen molar-refractivity contribution in [3.8, 4) is 0 Å². The van der Waals surface area contributed by atoms with Gasteiger partial charge >= 0.3 is 0 Å². The van der Waals surface area contributed by atoms with Crippen molar-refractivity contribution in [2.75, 3.05) is 31.1 Å². The Balaban J connectivity index is 1.73. The van der Waals surface area contributed by atoms with Gasteiger partial charge in [0.1, 0.15) is 11.6 Å². The number of nitrogens with zero attached hydrogens (tertiary/aromatic N) is 4. The van der Waals surface area contributed by atoms with Gasteiger partial charge in [0.2, 0.25) is 0 Å². The van der Waals surface area contributed by atoms with Crippen molar-refractivity contribution in [2.24, 2.45) is 0 Å². The summed E-state index contributed by atoms with van der Waals surface area (Å²) in [4.78, 5) is 14.1. The van der Waals surface area contributed by atoms with E-state index in [2.05, 4.69) is 21.7 Å². The fourth-order valence-electron chi connectivity index (χ4n) is 3.70. The normalized spacial score (nSPS) is 25.0. The van der Waals surface area contributed by atoms with Gasteiger partial charge in [-0.2, -0.15) is 0 Å². The number of rotatable bonds is 3. The highest BCUT2D eigenvalue weighted by Crippen LogP contribution is 2.29. The monoisotopic (exact) mass is 348 g/mol. The summed E-state index contributed by atoms with van der Waals surface area (Å²) in [5, 5.41) is 20.3. The van der Waals surface area contributed by atoms with Gasteiger partial charge in [0, 0.05) is 37.9 Å². The molecule has 2 fully saturated rings. The van der Waals surface area contributed by atoms with Crippen LogP contribution >= 0.6 is 0 Å². The van der Waals surface area contributed by atoms with E-state index < -0.39 is 11.2 Å². The molecule has 25 heavy (non-hydrogen) atoms. The minimum absolute atomic E-state index is 0.141. The third-order valence-electron chi connectivity index (χ3n) is 5.82. The third kappa shape index (κ3) is 4.49. The molecule has 0 saturated carbocycles. The van der Waals surface area contributed by atoms with Crippen LogP contribution in [0.1, 0.15) is 64.0 Å². The summed E-state index contributed by atoms with van der Waals surface area (Å²) in [5.41, 5.74) is -0.118. The lowest BCUT2D eigenvalue weighted by Gasteiger charge is -2.39. The zero-order chi connectivity index (χ0) is 18.2. The van der Waals surface area contributed by atoms with Crippen LogP contribution in [0.3, 0.4) is 0 Å². The Hall–Kier alpha value is -1.24. The lowest BCUT2D eigenvalue weighted by Crippen LogP contribution is -2.44. The Kier molecular flexibility index (Phi) is 5.06. The molecule has 0 bridgehead atoms. The molecule has 140 valence electrons. The lowest BCUT2D eigenvalue weighted by molar-refractivity contribution is -0.0158. The predicted molar refractivity (Wildman–Crippen MR) is 98.7 cm³/mol. The highest BCUT2D eigenvalue weighted by molar-refractivity contribution is 5.40. The van der Waals surface area contributed by atoms with Gasteiger partial charge in [-0.05, 0) is 53.4 Å². The maximum absolute atomic E-state index is 10.2. The van der Waals surface area contributed by atoms with E-state index in [1.807, 2.05) is 26.8 Å². The largest absolute Gasteiger partial charge is 0.390 e. The van der Waals surface area contributed by atoms with E-state index in [0.717, 1.165) is 69.2 Å². The molecule has 6 nitrogen and oxygen atoms in total. The molecule has 2 aliphatic heterocycles. The van der Waals surface area contributed by atoms with Gasteiger partial charge in [0.15, 0.2) is 0 Å². The molecule has 1 atom stereocenters. The number of hydrogen-bond donors (Lipinski definition) is 2. The number of piperidine rings is 2. The van der Waals surface area contributed by atoms with E-state index in [0.29, 0.717) is 0 Å². The zero-order valence-electron chi connectivity index (χ0n) is 16.0. The van der Waals surface area contributed by atoms with Crippen molar-refractivity contribution in [1.82, 2.24) is 14.9 Å². The summed E-state index contributed by atoms with van der Waals surface area (Å²) in [7, 11) is 0. The summed E-state index contributed by atoms with van der Waals surface area (Å²) in [5.74, 6) is 1.82. The predicted octanol–water partition coefficient (Wildman–Crippen LogP) is 2.04. The molecule has 6 heteroatoms. The summed E-state index contributed by atoms with van der Waals surface area (Å²) < 4.78 is 0. The summed E-state index contributed by atoms with van der Waals surface area (Å²) >= 11 is 0. The SMILES string of the molecule is Cc1cc(N2CCC(C)(O)CC2)nc(C(C)N2CCC(C)(O)CC2)n1. The van der Waals surface area contributed by atoms with Crippen molar-refractivity contribution in [1.29, 1.82) is 0 Å². The molecule has 1 aromatic heterocycles. The first-order chi connectivity index (χ1) is 11.7. The van der Waals surface area contributed by atoms with Crippen LogP contribution in [0.2, 0.25) is 0 Å². The summed E-state index contributed by atoms with van der Waals surface area (Å²) in [6.07, 6.45) is 3.11. The molecule has 0 aliphatic carbocycles. The van der Waals surface area contributed by atoms with Crippen molar-refractivity contribution in [3.05, 3.63) is 17.6 Å². The number of aryl methyl sites for hydroxylation is 1. The average Bonchev–Trinajstić information content (AvgIpc) is 2.53. The second-order valence-corrected chi connectivity index (χ2v) is 8.42. The van der Waals surface area contributed by atoms with E-state index in [4.69, 9.17) is 4.98 Å². The number of likely N-dealkylation sites (tertiary alicyclic amines) is 1. The maximum atomic E-state index is 10.2. The number of aromatic nitrogens is 2. The minimum atomic E-state index is -0.556. The van der Waals surface area contributed by atoms with Crippen LogP contribution in [0.25, 0.3) is 0 Å². The standard InChI is InChI=1S/C19H32N4O2/c1-14-13-16(23-11-7-19(4,25)8-12-23)21-17(20-14)15(2)22-9-5-18(3,24)6-10-22/h13,15,24-25H,5-12H2,1-4H3. The number of hydrogen-bond acceptors (Lipinski definition) is 6. The second kappa shape index (κ2) is 6.82. The van der Waals surface area contributed by atoms with Crippen LogP contribution in [0, 0.1) is 6.92 Å². The van der Waals surface area contributed by atoms with E-state index in [1.165, 1.54) is 0 Å². The van der Waals surface area contributed by atoms with Crippen molar-refractivity contribution < 1.29 is 10.2 Å². The van der Waals surface area contributed by atoms with E-state index in [9.17, 15) is 10.2 Å². The van der Waals surface area contributed by atoms with Gasteiger partial charge in [-0.1, -0.05) is 0 Å². The van der Waals surface area contributed by atoms with Crippen LogP contribution in [-0.2, 0) is 0 Å². The van der Waals surface area contributed by atoms with Crippen molar-refractivity contribution in [3.63, 3.8) is 0 Å². The van der Waals surface area contributed by atoms with Gasteiger partial charge in [-0.15, -0.1) is 0 Å². The molecular weight excluding hydrogens is 316 g/mol. The van der Waals surface area contributed by atoms with Gasteiger partial charge in [0.25, 0.3) is 0 Å². The van der Waals surface area contributed by atoms with E-state index in [1.54, 1.807) is 0 Å². The second-order valence-electron chi connectivity index (χ2n) is 8.42. The molecule has 3 rings (SSSR count). The molecule has 0 spiro atoms.